The third kappa shape index (κ3) is 4.31. The normalized spacial score (nSPS) is 24.2. The minimum absolute atomic E-state index is 0.0245. The molecule has 0 radical (unpaired) electrons. The monoisotopic (exact) mass is 513 g/mol. The molecule has 190 valence electrons. The first-order valence-electron chi connectivity index (χ1n) is 12.8. The van der Waals surface area contributed by atoms with Crippen molar-refractivity contribution >= 4 is 31.7 Å². The van der Waals surface area contributed by atoms with E-state index in [-0.39, 0.29) is 6.04 Å². The standard InChI is InChI=1S/C30H31N3O3S/c1-3-20-19-33-16-14-22(20)17-28(33)30(25-13-15-31-27-12-11-23(36-2)18-26(25)27)32-37(34,35)29-10-6-8-21-7-4-5-9-24(21)29/h3-13,15,18,20,22,28,30,32H,1,14,16-17,19H2,2H3/t20-,22-,28+,30-/m0/s1. The zero-order valence-electron chi connectivity index (χ0n) is 20.9. The summed E-state index contributed by atoms with van der Waals surface area (Å²) in [6, 6.07) is 20.3. The van der Waals surface area contributed by atoms with Gasteiger partial charge in [0.1, 0.15) is 5.75 Å². The molecule has 7 rings (SSSR count). The zero-order valence-corrected chi connectivity index (χ0v) is 21.7. The Labute approximate surface area is 218 Å². The molecule has 3 aromatic carbocycles. The fourth-order valence-corrected chi connectivity index (χ4v) is 7.76. The van der Waals surface area contributed by atoms with Crippen molar-refractivity contribution in [1.29, 1.82) is 0 Å². The Morgan fingerprint density at radius 2 is 1.95 bits per heavy atom. The van der Waals surface area contributed by atoms with Crippen LogP contribution in [0.15, 0.2) is 90.5 Å². The summed E-state index contributed by atoms with van der Waals surface area (Å²) in [5, 5.41) is 2.51. The second-order valence-corrected chi connectivity index (χ2v) is 11.8. The summed E-state index contributed by atoms with van der Waals surface area (Å²) in [6.45, 7) is 5.92. The molecule has 0 amide bonds. The van der Waals surface area contributed by atoms with Gasteiger partial charge in [0.2, 0.25) is 10.0 Å². The lowest BCUT2D eigenvalue weighted by Gasteiger charge is -2.51. The number of rotatable bonds is 7. The smallest absolute Gasteiger partial charge is 0.241 e. The predicted octanol–water partition coefficient (Wildman–Crippen LogP) is 5.31. The van der Waals surface area contributed by atoms with E-state index in [1.807, 2.05) is 54.6 Å². The van der Waals surface area contributed by atoms with Crippen LogP contribution in [-0.4, -0.2) is 44.5 Å². The number of hydrogen-bond acceptors (Lipinski definition) is 5. The fourth-order valence-electron chi connectivity index (χ4n) is 6.28. The molecular formula is C30H31N3O3S. The van der Waals surface area contributed by atoms with E-state index in [2.05, 4.69) is 27.3 Å². The molecular weight excluding hydrogens is 482 g/mol. The Bertz CT molecular complexity index is 1580. The van der Waals surface area contributed by atoms with Crippen molar-refractivity contribution < 1.29 is 13.2 Å². The Kier molecular flexibility index (Phi) is 6.23. The van der Waals surface area contributed by atoms with Crippen molar-refractivity contribution in [3.8, 4) is 5.75 Å². The van der Waals surface area contributed by atoms with Crippen molar-refractivity contribution in [1.82, 2.24) is 14.6 Å². The van der Waals surface area contributed by atoms with Crippen molar-refractivity contribution in [3.05, 3.63) is 91.1 Å². The molecule has 3 saturated heterocycles. The van der Waals surface area contributed by atoms with E-state index in [1.165, 1.54) is 0 Å². The molecule has 0 aliphatic carbocycles. The van der Waals surface area contributed by atoms with Crippen molar-refractivity contribution in [2.24, 2.45) is 11.8 Å². The van der Waals surface area contributed by atoms with E-state index in [9.17, 15) is 8.42 Å². The Morgan fingerprint density at radius 3 is 2.73 bits per heavy atom. The van der Waals surface area contributed by atoms with E-state index in [0.717, 1.165) is 58.9 Å². The first-order chi connectivity index (χ1) is 18.0. The number of nitrogens with zero attached hydrogens (tertiary/aromatic N) is 2. The van der Waals surface area contributed by atoms with Crippen LogP contribution in [0.4, 0.5) is 0 Å². The Balaban J connectivity index is 1.49. The molecule has 1 unspecified atom stereocenters. The van der Waals surface area contributed by atoms with Gasteiger partial charge >= 0.3 is 0 Å². The van der Waals surface area contributed by atoms with Gasteiger partial charge in [0.05, 0.1) is 23.6 Å². The van der Waals surface area contributed by atoms with Gasteiger partial charge in [-0.05, 0) is 72.5 Å². The topological polar surface area (TPSA) is 71.5 Å². The van der Waals surface area contributed by atoms with Crippen LogP contribution in [0.25, 0.3) is 21.7 Å². The number of benzene rings is 3. The number of nitrogens with one attached hydrogen (secondary N) is 1. The zero-order chi connectivity index (χ0) is 25.6. The highest BCUT2D eigenvalue weighted by atomic mass is 32.2. The van der Waals surface area contributed by atoms with E-state index in [1.54, 1.807) is 25.4 Å². The van der Waals surface area contributed by atoms with Gasteiger partial charge in [0, 0.05) is 29.6 Å². The number of sulfonamides is 1. The van der Waals surface area contributed by atoms with Crippen molar-refractivity contribution in [2.45, 2.75) is 29.8 Å². The summed E-state index contributed by atoms with van der Waals surface area (Å²) in [7, 11) is -2.21. The summed E-state index contributed by atoms with van der Waals surface area (Å²) < 4.78 is 36.8. The maximum Gasteiger partial charge on any atom is 0.241 e. The average molecular weight is 514 g/mol. The largest absolute Gasteiger partial charge is 0.497 e. The molecule has 3 fully saturated rings. The summed E-state index contributed by atoms with van der Waals surface area (Å²) in [5.74, 6) is 1.66. The maximum atomic E-state index is 14.1. The lowest BCUT2D eigenvalue weighted by atomic mass is 9.73. The van der Waals surface area contributed by atoms with Crippen LogP contribution >= 0.6 is 0 Å². The number of aromatic nitrogens is 1. The second kappa shape index (κ2) is 9.56. The van der Waals surface area contributed by atoms with Crippen LogP contribution in [0, 0.1) is 11.8 Å². The average Bonchev–Trinajstić information content (AvgIpc) is 2.95. The maximum absolute atomic E-state index is 14.1. The quantitative estimate of drug-likeness (QED) is 0.339. The van der Waals surface area contributed by atoms with Crippen LogP contribution in [0.5, 0.6) is 5.75 Å². The molecule has 3 aliphatic heterocycles. The molecule has 3 aliphatic rings. The molecule has 0 spiro atoms. The van der Waals surface area contributed by atoms with E-state index in [4.69, 9.17) is 4.74 Å². The van der Waals surface area contributed by atoms with Crippen molar-refractivity contribution in [3.63, 3.8) is 0 Å². The molecule has 1 N–H and O–H groups in total. The minimum atomic E-state index is -3.85. The van der Waals surface area contributed by atoms with Gasteiger partial charge in [-0.15, -0.1) is 6.58 Å². The third-order valence-corrected chi connectivity index (χ3v) is 9.68. The molecule has 6 nitrogen and oxygen atoms in total. The minimum Gasteiger partial charge on any atom is -0.497 e. The molecule has 5 atom stereocenters. The molecule has 37 heavy (non-hydrogen) atoms. The molecule has 4 aromatic rings. The van der Waals surface area contributed by atoms with Gasteiger partial charge in [-0.1, -0.05) is 42.5 Å². The van der Waals surface area contributed by atoms with Crippen LogP contribution in [-0.2, 0) is 10.0 Å². The van der Waals surface area contributed by atoms with Gasteiger partial charge in [-0.2, -0.15) is 0 Å². The van der Waals surface area contributed by atoms with Crippen LogP contribution in [0.2, 0.25) is 0 Å². The van der Waals surface area contributed by atoms with Gasteiger partial charge in [0.25, 0.3) is 0 Å². The summed E-state index contributed by atoms with van der Waals surface area (Å²) in [4.78, 5) is 7.29. The highest BCUT2D eigenvalue weighted by Crippen LogP contribution is 2.43. The van der Waals surface area contributed by atoms with Crippen LogP contribution < -0.4 is 9.46 Å². The van der Waals surface area contributed by atoms with E-state index >= 15 is 0 Å². The number of hydrogen-bond donors (Lipinski definition) is 1. The molecule has 0 saturated carbocycles. The fraction of sp³-hybridized carbons (Fsp3) is 0.300. The highest BCUT2D eigenvalue weighted by Gasteiger charge is 2.44. The first-order valence-corrected chi connectivity index (χ1v) is 14.3. The SMILES string of the molecule is C=C[C@H]1CN2CC[C@H]1C[C@@H]2[C@@H](NS(=O)(=O)c1cccc2ccccc12)c1ccnc2ccc(OC)cc12. The highest BCUT2D eigenvalue weighted by molar-refractivity contribution is 7.89. The van der Waals surface area contributed by atoms with Gasteiger partial charge < -0.3 is 4.74 Å². The van der Waals surface area contributed by atoms with Gasteiger partial charge in [-0.25, -0.2) is 13.1 Å². The Hall–Kier alpha value is -3.26. The van der Waals surface area contributed by atoms with Crippen molar-refractivity contribution in [2.75, 3.05) is 20.2 Å². The molecule has 4 heterocycles. The number of piperidine rings is 3. The van der Waals surface area contributed by atoms with E-state index < -0.39 is 16.1 Å². The van der Waals surface area contributed by atoms with Crippen LogP contribution in [0.3, 0.4) is 0 Å². The van der Waals surface area contributed by atoms with Crippen LogP contribution in [0.1, 0.15) is 24.4 Å². The summed E-state index contributed by atoms with van der Waals surface area (Å²) >= 11 is 0. The summed E-state index contributed by atoms with van der Waals surface area (Å²) in [5.41, 5.74) is 1.73. The lowest BCUT2D eigenvalue weighted by molar-refractivity contribution is 0.00490. The number of fused-ring (bicyclic) bond motifs is 5. The van der Waals surface area contributed by atoms with Gasteiger partial charge in [-0.3, -0.25) is 9.88 Å². The third-order valence-electron chi connectivity index (χ3n) is 8.18. The predicted molar refractivity (Wildman–Crippen MR) is 147 cm³/mol. The lowest BCUT2D eigenvalue weighted by Crippen LogP contribution is -2.57. The molecule has 7 heteroatoms. The number of methoxy groups -OCH3 is 1. The number of ether oxygens (including phenoxy) is 1. The molecule has 2 bridgehead atoms. The van der Waals surface area contributed by atoms with E-state index in [0.29, 0.717) is 16.7 Å². The second-order valence-electron chi connectivity index (χ2n) is 10.1. The van der Waals surface area contributed by atoms with Gasteiger partial charge in [0.15, 0.2) is 0 Å². The summed E-state index contributed by atoms with van der Waals surface area (Å²) in [6.07, 6.45) is 5.86. The Morgan fingerprint density at radius 1 is 1.11 bits per heavy atom. The number of pyridine rings is 1. The first kappa shape index (κ1) is 24.1. The molecule has 1 aromatic heterocycles.